The zero-order valence-corrected chi connectivity index (χ0v) is 53.1. The predicted octanol–water partition coefficient (Wildman–Crippen LogP) is 18.5. The SMILES string of the molecule is CC(C)CCCC(C)C1CCC2C3C(OC(=O)OC(C)(C)C)C=C4CC(O)CCC4(C)C3CCC12C.CC(C)CCCC(C)C1CCC2C3C(OC(=O)OC(C)(C)C)C=C4CC(OC(=O)c5ccccc5)CCC4(C)C3CCC12C. The van der Waals surface area contributed by atoms with E-state index in [9.17, 15) is 19.5 Å². The average molecular weight is 1110 g/mol. The van der Waals surface area contributed by atoms with Crippen LogP contribution < -0.4 is 0 Å². The van der Waals surface area contributed by atoms with E-state index in [4.69, 9.17) is 23.7 Å². The maximum Gasteiger partial charge on any atom is 0.509 e. The summed E-state index contributed by atoms with van der Waals surface area (Å²) in [5.74, 6) is 6.87. The molecule has 0 spiro atoms. The summed E-state index contributed by atoms with van der Waals surface area (Å²) in [5.41, 5.74) is 2.72. The van der Waals surface area contributed by atoms with Crippen molar-refractivity contribution in [1.82, 2.24) is 0 Å². The van der Waals surface area contributed by atoms with Gasteiger partial charge >= 0.3 is 18.3 Å². The maximum atomic E-state index is 13.2. The highest BCUT2D eigenvalue weighted by atomic mass is 16.7. The number of fused-ring (bicyclic) bond motifs is 10. The van der Waals surface area contributed by atoms with Gasteiger partial charge in [0.15, 0.2) is 0 Å². The van der Waals surface area contributed by atoms with Crippen molar-refractivity contribution >= 4 is 18.3 Å². The fraction of sp³-hybridized carbons (Fsp3) is 0.817. The Morgan fingerprint density at radius 1 is 0.537 bits per heavy atom. The Morgan fingerprint density at radius 3 is 1.41 bits per heavy atom. The van der Waals surface area contributed by atoms with Gasteiger partial charge in [-0.25, -0.2) is 14.4 Å². The van der Waals surface area contributed by atoms with Crippen LogP contribution in [0.15, 0.2) is 53.6 Å². The third-order valence-electron chi connectivity index (χ3n) is 23.1. The van der Waals surface area contributed by atoms with Gasteiger partial charge in [-0.15, -0.1) is 0 Å². The van der Waals surface area contributed by atoms with E-state index in [1.807, 2.05) is 71.9 Å². The molecule has 6 saturated carbocycles. The van der Waals surface area contributed by atoms with Crippen LogP contribution in [0.25, 0.3) is 0 Å². The molecular weight excluding hydrogens is 997 g/mol. The summed E-state index contributed by atoms with van der Waals surface area (Å²) in [6.45, 7) is 35.7. The van der Waals surface area contributed by atoms with E-state index in [0.717, 1.165) is 55.8 Å². The molecule has 9 nitrogen and oxygen atoms in total. The molecule has 0 amide bonds. The lowest BCUT2D eigenvalue weighted by atomic mass is 9.46. The van der Waals surface area contributed by atoms with E-state index in [-0.39, 0.29) is 52.5 Å². The summed E-state index contributed by atoms with van der Waals surface area (Å²) in [5, 5.41) is 10.5. The summed E-state index contributed by atoms with van der Waals surface area (Å²) < 4.78 is 29.9. The number of carbonyl (C=O) groups excluding carboxylic acids is 3. The maximum absolute atomic E-state index is 13.2. The van der Waals surface area contributed by atoms with Gasteiger partial charge in [0.05, 0.1) is 11.7 Å². The molecule has 0 radical (unpaired) electrons. The number of esters is 1. The van der Waals surface area contributed by atoms with Crippen LogP contribution in [0.3, 0.4) is 0 Å². The number of carbonyl (C=O) groups is 3. The molecule has 1 aromatic carbocycles. The summed E-state index contributed by atoms with van der Waals surface area (Å²) >= 11 is 0. The molecule has 450 valence electrons. The minimum atomic E-state index is -0.612. The molecule has 18 unspecified atom stereocenters. The lowest BCUT2D eigenvalue weighted by Crippen LogP contribution is -2.56. The summed E-state index contributed by atoms with van der Waals surface area (Å²) in [7, 11) is 0. The second kappa shape index (κ2) is 24.7. The van der Waals surface area contributed by atoms with Crippen LogP contribution in [0, 0.1) is 92.7 Å². The number of rotatable bonds is 14. The molecule has 1 N–H and O–H groups in total. The first-order chi connectivity index (χ1) is 37.5. The molecular formula is C71H112O9. The van der Waals surface area contributed by atoms with Gasteiger partial charge in [0.1, 0.15) is 29.5 Å². The first kappa shape index (κ1) is 62.7. The smallest absolute Gasteiger partial charge is 0.458 e. The third kappa shape index (κ3) is 13.6. The van der Waals surface area contributed by atoms with Crippen molar-refractivity contribution in [3.63, 3.8) is 0 Å². The Bertz CT molecular complexity index is 2340. The summed E-state index contributed by atoms with van der Waals surface area (Å²) in [4.78, 5) is 39.0. The van der Waals surface area contributed by atoms with Gasteiger partial charge in [-0.3, -0.25) is 0 Å². The lowest BCUT2D eigenvalue weighted by molar-refractivity contribution is -0.113. The van der Waals surface area contributed by atoms with Crippen LogP contribution in [-0.2, 0) is 23.7 Å². The Hall–Kier alpha value is -3.33. The third-order valence-corrected chi connectivity index (χ3v) is 23.1. The summed E-state index contributed by atoms with van der Waals surface area (Å²) in [6.07, 6.45) is 25.4. The van der Waals surface area contributed by atoms with Crippen LogP contribution in [-0.4, -0.2) is 59.0 Å². The zero-order chi connectivity index (χ0) is 58.3. The van der Waals surface area contributed by atoms with Crippen molar-refractivity contribution in [3.8, 4) is 0 Å². The molecule has 1 aromatic rings. The lowest BCUT2D eigenvalue weighted by Gasteiger charge is -2.59. The average Bonchev–Trinajstić information content (AvgIpc) is 3.71. The van der Waals surface area contributed by atoms with E-state index in [1.165, 1.54) is 94.6 Å². The molecule has 0 aromatic heterocycles. The quantitative estimate of drug-likeness (QED) is 0.110. The second-order valence-electron chi connectivity index (χ2n) is 31.5. The first-order valence-corrected chi connectivity index (χ1v) is 32.6. The fourth-order valence-corrected chi connectivity index (χ4v) is 19.1. The number of hydrogen-bond donors (Lipinski definition) is 1. The number of aliphatic hydroxyl groups is 1. The zero-order valence-electron chi connectivity index (χ0n) is 53.1. The van der Waals surface area contributed by atoms with Crippen LogP contribution in [0.2, 0.25) is 0 Å². The molecule has 9 heteroatoms. The van der Waals surface area contributed by atoms with Gasteiger partial charge in [0.25, 0.3) is 0 Å². The molecule has 8 aliphatic carbocycles. The van der Waals surface area contributed by atoms with Crippen molar-refractivity contribution in [2.45, 2.75) is 275 Å². The van der Waals surface area contributed by atoms with Crippen molar-refractivity contribution in [3.05, 3.63) is 59.2 Å². The minimum Gasteiger partial charge on any atom is -0.458 e. The predicted molar refractivity (Wildman–Crippen MR) is 321 cm³/mol. The Labute approximate surface area is 486 Å². The highest BCUT2D eigenvalue weighted by molar-refractivity contribution is 5.89. The van der Waals surface area contributed by atoms with Crippen LogP contribution in [0.4, 0.5) is 9.59 Å². The molecule has 9 rings (SSSR count). The standard InChI is InChI=1S/C39H58O5.C32H54O4/c1-25(2)13-12-14-26(3)30-17-18-31-34-32(20-22-39(30,31)8)38(7)21-19-29(42-35(40)27-15-10-9-11-16-27)23-28(38)24-33(34)43-36(41)44-37(4,5)6;1-20(2)10-9-11-21(3)24-12-13-25-28-26(15-17-32(24,25)8)31(7)16-14-23(33)18-22(31)19-27(28)35-29(34)36-30(4,5)6/h9-11,15-16,24-26,29-34H,12-14,17-23H2,1-8H3;19-21,23-28,33H,9-18H2,1-8H3. The first-order valence-electron chi connectivity index (χ1n) is 32.6. The Balaban J connectivity index is 0.000000215. The van der Waals surface area contributed by atoms with Gasteiger partial charge in [-0.05, 0) is 230 Å². The van der Waals surface area contributed by atoms with E-state index in [2.05, 4.69) is 81.4 Å². The molecule has 80 heavy (non-hydrogen) atoms. The molecule has 0 aliphatic heterocycles. The molecule has 0 bridgehead atoms. The highest BCUT2D eigenvalue weighted by Gasteiger charge is 2.64. The van der Waals surface area contributed by atoms with Crippen LogP contribution in [0.1, 0.15) is 250 Å². The largest absolute Gasteiger partial charge is 0.509 e. The number of aliphatic hydroxyl groups excluding tert-OH is 1. The van der Waals surface area contributed by atoms with Crippen molar-refractivity contribution in [1.29, 1.82) is 0 Å². The van der Waals surface area contributed by atoms with Crippen molar-refractivity contribution in [2.24, 2.45) is 92.7 Å². The van der Waals surface area contributed by atoms with E-state index in [0.29, 0.717) is 65.2 Å². The van der Waals surface area contributed by atoms with Crippen LogP contribution in [0.5, 0.6) is 0 Å². The highest BCUT2D eigenvalue weighted by Crippen LogP contribution is 2.70. The molecule has 18 atom stereocenters. The Morgan fingerprint density at radius 2 is 0.975 bits per heavy atom. The number of benzene rings is 1. The molecule has 0 heterocycles. The van der Waals surface area contributed by atoms with Gasteiger partial charge in [0.2, 0.25) is 0 Å². The van der Waals surface area contributed by atoms with Crippen molar-refractivity contribution < 1.29 is 43.2 Å². The Kier molecular flexibility index (Phi) is 19.4. The van der Waals surface area contributed by atoms with E-state index in [1.54, 1.807) is 0 Å². The van der Waals surface area contributed by atoms with E-state index < -0.39 is 23.5 Å². The molecule has 8 aliphatic rings. The van der Waals surface area contributed by atoms with Crippen LogP contribution >= 0.6 is 0 Å². The normalized spacial score (nSPS) is 38.0. The van der Waals surface area contributed by atoms with Crippen molar-refractivity contribution in [2.75, 3.05) is 0 Å². The molecule has 0 saturated heterocycles. The topological polar surface area (TPSA) is 118 Å². The van der Waals surface area contributed by atoms with E-state index >= 15 is 0 Å². The van der Waals surface area contributed by atoms with Gasteiger partial charge in [-0.1, -0.05) is 137 Å². The van der Waals surface area contributed by atoms with Gasteiger partial charge in [0, 0.05) is 18.3 Å². The fourth-order valence-electron chi connectivity index (χ4n) is 19.1. The monoisotopic (exact) mass is 1110 g/mol. The van der Waals surface area contributed by atoms with Gasteiger partial charge in [-0.2, -0.15) is 0 Å². The minimum absolute atomic E-state index is 0.0242. The number of ether oxygens (including phenoxy) is 5. The number of hydrogen-bond acceptors (Lipinski definition) is 9. The second-order valence-corrected chi connectivity index (χ2v) is 31.5. The summed E-state index contributed by atoms with van der Waals surface area (Å²) in [6, 6.07) is 9.26. The van der Waals surface area contributed by atoms with Gasteiger partial charge < -0.3 is 28.8 Å². The molecule has 6 fully saturated rings.